The molecule has 1 aromatic heterocycles. The second kappa shape index (κ2) is 8.21. The third-order valence-electron chi connectivity index (χ3n) is 5.60. The van der Waals surface area contributed by atoms with Gasteiger partial charge in [-0.25, -0.2) is 4.98 Å². The van der Waals surface area contributed by atoms with Crippen molar-refractivity contribution in [3.8, 4) is 23.3 Å². The quantitative estimate of drug-likeness (QED) is 0.413. The summed E-state index contributed by atoms with van der Waals surface area (Å²) in [4.78, 5) is 7.94. The predicted molar refractivity (Wildman–Crippen MR) is 128 cm³/mol. The number of H-pyrrole nitrogens is 1. The van der Waals surface area contributed by atoms with Crippen molar-refractivity contribution in [2.45, 2.75) is 6.92 Å². The van der Waals surface area contributed by atoms with E-state index < -0.39 is 0 Å². The minimum atomic E-state index is 0.444. The molecule has 6 heteroatoms. The Morgan fingerprint density at radius 2 is 1.82 bits per heavy atom. The van der Waals surface area contributed by atoms with Gasteiger partial charge in [-0.15, -0.1) is 0 Å². The van der Waals surface area contributed by atoms with E-state index in [1.807, 2.05) is 73.7 Å². The van der Waals surface area contributed by atoms with E-state index in [-0.39, 0.29) is 0 Å². The fourth-order valence-electron chi connectivity index (χ4n) is 3.95. The maximum absolute atomic E-state index is 10.2. The Kier molecular flexibility index (Phi) is 5.08. The van der Waals surface area contributed by atoms with Crippen molar-refractivity contribution in [3.05, 3.63) is 89.3 Å². The Labute approximate surface area is 191 Å². The maximum Gasteiger partial charge on any atom is 0.161 e. The lowest BCUT2D eigenvalue weighted by Crippen LogP contribution is -2.06. The molecule has 0 amide bonds. The Balaban J connectivity index is 1.74. The number of methoxy groups -OCH3 is 2. The van der Waals surface area contributed by atoms with Crippen molar-refractivity contribution >= 4 is 27.9 Å². The van der Waals surface area contributed by atoms with Gasteiger partial charge >= 0.3 is 0 Å². The van der Waals surface area contributed by atoms with Crippen LogP contribution in [0.1, 0.15) is 22.5 Å². The number of imidazole rings is 1. The van der Waals surface area contributed by atoms with Crippen molar-refractivity contribution in [2.24, 2.45) is 0 Å². The van der Waals surface area contributed by atoms with E-state index in [4.69, 9.17) is 14.2 Å². The molecule has 0 atom stereocenters. The smallest absolute Gasteiger partial charge is 0.161 e. The summed E-state index contributed by atoms with van der Waals surface area (Å²) in [6.07, 6.45) is 1.88. The number of hydrogen-bond acceptors (Lipinski definition) is 5. The highest BCUT2D eigenvalue weighted by Gasteiger charge is 2.24. The molecule has 0 saturated carbocycles. The van der Waals surface area contributed by atoms with Crippen molar-refractivity contribution in [1.29, 1.82) is 5.26 Å². The summed E-state index contributed by atoms with van der Waals surface area (Å²) in [5.74, 6) is 3.02. The van der Waals surface area contributed by atoms with E-state index >= 15 is 0 Å². The summed E-state index contributed by atoms with van der Waals surface area (Å²) in [5, 5.41) is 10.2. The summed E-state index contributed by atoms with van der Waals surface area (Å²) in [6.45, 7) is 2.01. The maximum atomic E-state index is 10.2. The number of rotatable bonds is 4. The van der Waals surface area contributed by atoms with E-state index in [1.165, 1.54) is 0 Å². The van der Waals surface area contributed by atoms with Crippen LogP contribution in [0.2, 0.25) is 0 Å². The number of nitrogens with one attached hydrogen (secondary N) is 1. The van der Waals surface area contributed by atoms with E-state index in [1.54, 1.807) is 14.2 Å². The monoisotopic (exact) mass is 435 g/mol. The van der Waals surface area contributed by atoms with Crippen LogP contribution in [0.4, 0.5) is 0 Å². The average Bonchev–Trinajstić information content (AvgIpc) is 3.28. The van der Waals surface area contributed by atoms with Gasteiger partial charge in [0.25, 0.3) is 0 Å². The molecule has 5 rings (SSSR count). The zero-order valence-corrected chi connectivity index (χ0v) is 18.5. The van der Waals surface area contributed by atoms with Crippen LogP contribution in [0.15, 0.2) is 66.7 Å². The molecular formula is C27H21N3O3. The third kappa shape index (κ3) is 3.60. The van der Waals surface area contributed by atoms with E-state index in [0.717, 1.165) is 33.3 Å². The van der Waals surface area contributed by atoms with Crippen LogP contribution in [0, 0.1) is 18.3 Å². The number of fused-ring (bicyclic) bond motifs is 2. The highest BCUT2D eigenvalue weighted by Crippen LogP contribution is 2.42. The normalized spacial score (nSPS) is 14.1. The predicted octanol–water partition coefficient (Wildman–Crippen LogP) is 5.76. The van der Waals surface area contributed by atoms with Gasteiger partial charge in [0.1, 0.15) is 29.0 Å². The second-order valence-electron chi connectivity index (χ2n) is 7.68. The molecule has 1 aliphatic heterocycles. The van der Waals surface area contributed by atoms with Gasteiger partial charge in [0.05, 0.1) is 25.3 Å². The number of aryl methyl sites for hydroxylation is 1. The number of allylic oxidation sites excluding steroid dienone is 3. The number of aromatic nitrogens is 2. The molecule has 0 saturated heterocycles. The average molecular weight is 435 g/mol. The van der Waals surface area contributed by atoms with E-state index in [0.29, 0.717) is 34.4 Å². The van der Waals surface area contributed by atoms with Gasteiger partial charge in [-0.3, -0.25) is 0 Å². The van der Waals surface area contributed by atoms with Crippen molar-refractivity contribution < 1.29 is 14.2 Å². The van der Waals surface area contributed by atoms with Crippen molar-refractivity contribution in [1.82, 2.24) is 9.97 Å². The summed E-state index contributed by atoms with van der Waals surface area (Å²) in [5.41, 5.74) is 5.59. The molecule has 33 heavy (non-hydrogen) atoms. The lowest BCUT2D eigenvalue weighted by Gasteiger charge is -2.22. The Hall–Kier alpha value is -4.50. The first-order chi connectivity index (χ1) is 16.1. The zero-order chi connectivity index (χ0) is 22.9. The molecule has 4 aromatic rings. The lowest BCUT2D eigenvalue weighted by molar-refractivity contribution is 0.354. The fraction of sp³-hybridized carbons (Fsp3) is 0.111. The van der Waals surface area contributed by atoms with Crippen LogP contribution < -0.4 is 14.2 Å². The SMILES string of the molecule is COc1ccc(C2=CC(=C(C#N)c3nc4ccccc4[nH]3)c3cc(C)ccc3O2)cc1OC. The lowest BCUT2D eigenvalue weighted by atomic mass is 9.94. The Morgan fingerprint density at radius 3 is 2.58 bits per heavy atom. The molecule has 3 aromatic carbocycles. The topological polar surface area (TPSA) is 80.2 Å². The fourth-order valence-corrected chi connectivity index (χ4v) is 3.95. The first kappa shape index (κ1) is 20.4. The number of para-hydroxylation sites is 2. The molecule has 0 bridgehead atoms. The first-order valence-electron chi connectivity index (χ1n) is 10.4. The minimum Gasteiger partial charge on any atom is -0.493 e. The van der Waals surface area contributed by atoms with Crippen LogP contribution in [-0.4, -0.2) is 24.2 Å². The number of ether oxygens (including phenoxy) is 3. The highest BCUT2D eigenvalue weighted by molar-refractivity contribution is 6.05. The molecule has 6 nitrogen and oxygen atoms in total. The zero-order valence-electron chi connectivity index (χ0n) is 18.5. The molecule has 0 radical (unpaired) electrons. The molecule has 1 N–H and O–H groups in total. The largest absolute Gasteiger partial charge is 0.493 e. The molecule has 162 valence electrons. The van der Waals surface area contributed by atoms with Crippen LogP contribution in [0.5, 0.6) is 17.2 Å². The van der Waals surface area contributed by atoms with Gasteiger partial charge in [0, 0.05) is 16.7 Å². The van der Waals surface area contributed by atoms with Crippen LogP contribution in [0.3, 0.4) is 0 Å². The standard InChI is InChI=1S/C27H21N3O3/c1-16-8-10-23-19(12-16)18(20(15-28)27-29-21-6-4-5-7-22(21)30-27)14-25(33-23)17-9-11-24(31-2)26(13-17)32-3/h4-14H,1-3H3,(H,29,30). The van der Waals surface area contributed by atoms with Crippen LogP contribution in [0.25, 0.3) is 27.9 Å². The Morgan fingerprint density at radius 1 is 1.00 bits per heavy atom. The molecule has 0 unspecified atom stereocenters. The van der Waals surface area contributed by atoms with Crippen LogP contribution in [-0.2, 0) is 0 Å². The van der Waals surface area contributed by atoms with Crippen molar-refractivity contribution in [2.75, 3.05) is 14.2 Å². The summed E-state index contributed by atoms with van der Waals surface area (Å²) < 4.78 is 17.1. The van der Waals surface area contributed by atoms with E-state index in [2.05, 4.69) is 16.0 Å². The first-order valence-corrected chi connectivity index (χ1v) is 10.4. The second-order valence-corrected chi connectivity index (χ2v) is 7.68. The van der Waals surface area contributed by atoms with Gasteiger partial charge in [-0.1, -0.05) is 23.8 Å². The van der Waals surface area contributed by atoms with Gasteiger partial charge in [-0.2, -0.15) is 5.26 Å². The molecule has 2 heterocycles. The van der Waals surface area contributed by atoms with Gasteiger partial charge in [-0.05, 0) is 55.5 Å². The van der Waals surface area contributed by atoms with Crippen LogP contribution >= 0.6 is 0 Å². The van der Waals surface area contributed by atoms with Crippen molar-refractivity contribution in [3.63, 3.8) is 0 Å². The number of nitriles is 1. The van der Waals surface area contributed by atoms with Gasteiger partial charge in [0.2, 0.25) is 0 Å². The highest BCUT2D eigenvalue weighted by atomic mass is 16.5. The molecule has 1 aliphatic rings. The van der Waals surface area contributed by atoms with Gasteiger partial charge < -0.3 is 19.2 Å². The van der Waals surface area contributed by atoms with E-state index in [9.17, 15) is 5.26 Å². The summed E-state index contributed by atoms with van der Waals surface area (Å²) in [7, 11) is 3.19. The summed E-state index contributed by atoms with van der Waals surface area (Å²) in [6, 6.07) is 21.6. The molecule has 0 spiro atoms. The number of nitrogens with zero attached hydrogens (tertiary/aromatic N) is 2. The molecular weight excluding hydrogens is 414 g/mol. The number of benzene rings is 3. The summed E-state index contributed by atoms with van der Waals surface area (Å²) >= 11 is 0. The Bertz CT molecular complexity index is 1460. The number of hydrogen-bond donors (Lipinski definition) is 1. The van der Waals surface area contributed by atoms with Gasteiger partial charge in [0.15, 0.2) is 11.5 Å². The number of aromatic amines is 1. The minimum absolute atomic E-state index is 0.444. The molecule has 0 aliphatic carbocycles. The third-order valence-corrected chi connectivity index (χ3v) is 5.60. The molecule has 0 fully saturated rings.